The average Bonchev–Trinajstić information content (AvgIpc) is 3.43. The third-order valence-corrected chi connectivity index (χ3v) is 8.59. The van der Waals surface area contributed by atoms with Crippen molar-refractivity contribution in [2.45, 2.75) is 70.4 Å². The maximum atomic E-state index is 12.9. The predicted molar refractivity (Wildman–Crippen MR) is 134 cm³/mol. The average molecular weight is 502 g/mol. The summed E-state index contributed by atoms with van der Waals surface area (Å²) in [6, 6.07) is 5.92. The molecule has 0 saturated heterocycles. The second-order valence-electron chi connectivity index (χ2n) is 9.95. The number of alkyl halides is 2. The Bertz CT molecular complexity index is 1170. The third kappa shape index (κ3) is 5.89. The molecule has 3 heterocycles. The molecule has 1 fully saturated rings. The topological polar surface area (TPSA) is 63.1 Å². The van der Waals surface area contributed by atoms with Gasteiger partial charge in [-0.1, -0.05) is 6.07 Å². The summed E-state index contributed by atoms with van der Waals surface area (Å²) in [6.45, 7) is 2.91. The van der Waals surface area contributed by atoms with Gasteiger partial charge in [0.15, 0.2) is 0 Å². The first-order chi connectivity index (χ1) is 16.9. The monoisotopic (exact) mass is 501 g/mol. The summed E-state index contributed by atoms with van der Waals surface area (Å²) in [7, 11) is 1.87. The van der Waals surface area contributed by atoms with Crippen molar-refractivity contribution >= 4 is 28.1 Å². The summed E-state index contributed by atoms with van der Waals surface area (Å²) in [6.07, 6.45) is 6.37. The lowest BCUT2D eigenvalue weighted by Gasteiger charge is -2.32. The normalized spacial score (nSPS) is 20.9. The van der Waals surface area contributed by atoms with Gasteiger partial charge >= 0.3 is 0 Å². The van der Waals surface area contributed by atoms with E-state index in [1.54, 1.807) is 16.0 Å². The van der Waals surface area contributed by atoms with Crippen LogP contribution in [0, 0.1) is 5.92 Å². The lowest BCUT2D eigenvalue weighted by molar-refractivity contribution is 0.0921. The van der Waals surface area contributed by atoms with Gasteiger partial charge in [0.25, 0.3) is 5.91 Å². The summed E-state index contributed by atoms with van der Waals surface area (Å²) < 4.78 is 26.8. The first-order valence-electron chi connectivity index (χ1n) is 12.7. The summed E-state index contributed by atoms with van der Waals surface area (Å²) >= 11 is 1.62. The smallest absolute Gasteiger partial charge is 0.252 e. The molecule has 1 amide bonds. The number of amides is 1. The van der Waals surface area contributed by atoms with Gasteiger partial charge in [0.2, 0.25) is 6.43 Å². The highest BCUT2D eigenvalue weighted by Crippen LogP contribution is 2.30. The molecule has 2 aliphatic rings. The zero-order valence-electron chi connectivity index (χ0n) is 20.2. The maximum Gasteiger partial charge on any atom is 0.252 e. The molecule has 9 heteroatoms. The van der Waals surface area contributed by atoms with E-state index in [0.29, 0.717) is 17.9 Å². The molecule has 188 valence electrons. The molecule has 1 aliphatic carbocycles. The van der Waals surface area contributed by atoms with Gasteiger partial charge in [-0.25, -0.2) is 13.8 Å². The fraction of sp³-hybridized carbons (Fsp3) is 0.577. The van der Waals surface area contributed by atoms with Gasteiger partial charge < -0.3 is 5.32 Å². The number of halogens is 2. The highest BCUT2D eigenvalue weighted by Gasteiger charge is 2.26. The van der Waals surface area contributed by atoms with Crippen molar-refractivity contribution in [3.05, 3.63) is 45.5 Å². The summed E-state index contributed by atoms with van der Waals surface area (Å²) in [5, 5.41) is 9.41. The van der Waals surface area contributed by atoms with E-state index in [4.69, 9.17) is 0 Å². The number of rotatable bonds is 8. The van der Waals surface area contributed by atoms with Gasteiger partial charge in [-0.05, 0) is 63.1 Å². The molecule has 1 N–H and O–H groups in total. The zero-order chi connectivity index (χ0) is 24.4. The summed E-state index contributed by atoms with van der Waals surface area (Å²) in [5.74, 6) is 0.677. The van der Waals surface area contributed by atoms with Gasteiger partial charge in [-0.2, -0.15) is 5.10 Å². The summed E-state index contributed by atoms with van der Waals surface area (Å²) in [4.78, 5) is 21.3. The molecule has 0 bridgehead atoms. The Labute approximate surface area is 208 Å². The Balaban J connectivity index is 1.06. The van der Waals surface area contributed by atoms with Crippen molar-refractivity contribution in [2.24, 2.45) is 13.0 Å². The molecule has 1 saturated carbocycles. The Kier molecular flexibility index (Phi) is 7.43. The molecule has 3 aromatic rings. The van der Waals surface area contributed by atoms with Gasteiger partial charge in [0, 0.05) is 55.5 Å². The molecule has 5 rings (SSSR count). The van der Waals surface area contributed by atoms with Crippen LogP contribution < -0.4 is 5.32 Å². The number of nitrogens with one attached hydrogen (secondary N) is 1. The molecule has 0 atom stereocenters. The molecule has 0 spiro atoms. The number of aromatic nitrogens is 3. The number of hydrogen-bond donors (Lipinski definition) is 1. The van der Waals surface area contributed by atoms with E-state index in [0.717, 1.165) is 79.8 Å². The molecule has 2 aromatic heterocycles. The Morgan fingerprint density at radius 3 is 2.89 bits per heavy atom. The fourth-order valence-electron chi connectivity index (χ4n) is 5.42. The van der Waals surface area contributed by atoms with Crippen molar-refractivity contribution in [1.29, 1.82) is 0 Å². The minimum Gasteiger partial charge on any atom is -0.349 e. The number of hydrogen-bond acceptors (Lipinski definition) is 5. The number of carbonyl (C=O) groups excluding carboxylic acids is 1. The molecular weight excluding hydrogens is 468 g/mol. The number of carbonyl (C=O) groups is 1. The van der Waals surface area contributed by atoms with Crippen LogP contribution in [0.5, 0.6) is 0 Å². The van der Waals surface area contributed by atoms with Crippen molar-refractivity contribution in [2.75, 3.05) is 13.1 Å². The van der Waals surface area contributed by atoms with E-state index in [1.165, 1.54) is 4.88 Å². The van der Waals surface area contributed by atoms with Crippen LogP contribution in [0.4, 0.5) is 8.78 Å². The van der Waals surface area contributed by atoms with E-state index in [2.05, 4.69) is 20.3 Å². The molecule has 1 aliphatic heterocycles. The van der Waals surface area contributed by atoms with Gasteiger partial charge in [0.05, 0.1) is 21.8 Å². The minimum absolute atomic E-state index is 0.00708. The number of nitrogens with zero attached hydrogens (tertiary/aromatic N) is 4. The highest BCUT2D eigenvalue weighted by atomic mass is 32.1. The van der Waals surface area contributed by atoms with E-state index in [-0.39, 0.29) is 18.4 Å². The van der Waals surface area contributed by atoms with Gasteiger partial charge in [-0.15, -0.1) is 11.3 Å². The van der Waals surface area contributed by atoms with Crippen LogP contribution in [-0.2, 0) is 26.4 Å². The number of benzene rings is 1. The lowest BCUT2D eigenvalue weighted by atomic mass is 9.84. The van der Waals surface area contributed by atoms with Crippen molar-refractivity contribution in [3.63, 3.8) is 0 Å². The summed E-state index contributed by atoms with van der Waals surface area (Å²) in [5.41, 5.74) is 2.64. The predicted octanol–water partition coefficient (Wildman–Crippen LogP) is 4.96. The van der Waals surface area contributed by atoms with E-state index in [1.807, 2.05) is 31.4 Å². The van der Waals surface area contributed by atoms with Crippen LogP contribution in [0.2, 0.25) is 0 Å². The number of fused-ring (bicyclic) bond motifs is 2. The second kappa shape index (κ2) is 10.7. The van der Waals surface area contributed by atoms with Crippen LogP contribution in [0.15, 0.2) is 24.4 Å². The molecule has 0 radical (unpaired) electrons. The zero-order valence-corrected chi connectivity index (χ0v) is 21.0. The molecule has 6 nitrogen and oxygen atoms in total. The second-order valence-corrected chi connectivity index (χ2v) is 11.1. The van der Waals surface area contributed by atoms with Crippen molar-refractivity contribution < 1.29 is 13.6 Å². The van der Waals surface area contributed by atoms with E-state index in [9.17, 15) is 13.6 Å². The first kappa shape index (κ1) is 24.3. The highest BCUT2D eigenvalue weighted by molar-refractivity contribution is 7.11. The van der Waals surface area contributed by atoms with Gasteiger partial charge in [-0.3, -0.25) is 14.4 Å². The maximum absolute atomic E-state index is 12.9. The Morgan fingerprint density at radius 2 is 2.09 bits per heavy atom. The fourth-order valence-corrected chi connectivity index (χ4v) is 6.50. The Hall–Kier alpha value is -2.39. The van der Waals surface area contributed by atoms with E-state index < -0.39 is 6.43 Å². The molecular formula is C26H33F2N5OS. The van der Waals surface area contributed by atoms with Crippen LogP contribution in [0.1, 0.15) is 64.5 Å². The Morgan fingerprint density at radius 1 is 1.26 bits per heavy atom. The molecule has 0 unspecified atom stereocenters. The first-order valence-corrected chi connectivity index (χ1v) is 13.5. The minimum atomic E-state index is -2.26. The van der Waals surface area contributed by atoms with Crippen LogP contribution in [0.3, 0.4) is 0 Å². The largest absolute Gasteiger partial charge is 0.349 e. The van der Waals surface area contributed by atoms with Crippen LogP contribution in [-0.4, -0.2) is 51.1 Å². The third-order valence-electron chi connectivity index (χ3n) is 7.37. The van der Waals surface area contributed by atoms with Crippen LogP contribution in [0.25, 0.3) is 10.9 Å². The molecule has 1 aromatic carbocycles. The number of aryl methyl sites for hydroxylation is 2. The standard InChI is InChI=1S/C26H33F2N5OS/c1-32-15-20-19(3-2-4-21(20)31-32)26(34)29-18-7-5-17(6-8-18)11-13-33-14-12-23-22(16-33)30-25(35-23)10-9-24(27)28/h2-4,15,17-18,24H,5-14,16H2,1H3,(H,29,34)/t17-,18-. The van der Waals surface area contributed by atoms with E-state index >= 15 is 0 Å². The lowest BCUT2D eigenvalue weighted by Crippen LogP contribution is -2.38. The molecule has 35 heavy (non-hydrogen) atoms. The quantitative estimate of drug-likeness (QED) is 0.474. The van der Waals surface area contributed by atoms with Crippen molar-refractivity contribution in [1.82, 2.24) is 25.0 Å². The van der Waals surface area contributed by atoms with Gasteiger partial charge in [0.1, 0.15) is 0 Å². The SMILES string of the molecule is Cn1cc2c(C(=O)N[C@H]3CC[C@H](CCN4CCc5sc(CCC(F)F)nc5C4)CC3)cccc2n1. The van der Waals surface area contributed by atoms with Crippen LogP contribution >= 0.6 is 11.3 Å². The number of thiazole rings is 1. The van der Waals surface area contributed by atoms with Crippen molar-refractivity contribution in [3.8, 4) is 0 Å².